The summed E-state index contributed by atoms with van der Waals surface area (Å²) in [6.07, 6.45) is 2.89. The predicted molar refractivity (Wildman–Crippen MR) is 86.0 cm³/mol. The summed E-state index contributed by atoms with van der Waals surface area (Å²) in [5, 5.41) is 11.6. The third-order valence-corrected chi connectivity index (χ3v) is 4.72. The highest BCUT2D eigenvalue weighted by molar-refractivity contribution is 7.90. The topological polar surface area (TPSA) is 109 Å². The smallest absolute Gasteiger partial charge is 0.356 e. The SMILES string of the molecule is O=C(O)c1cnc(NCCCS(=O)(=O)Cc2ccccc2)cn1. The Kier molecular flexibility index (Phi) is 5.64. The fourth-order valence-corrected chi connectivity index (χ4v) is 3.37. The zero-order valence-electron chi connectivity index (χ0n) is 12.3. The number of benzene rings is 1. The van der Waals surface area contributed by atoms with Crippen molar-refractivity contribution in [1.82, 2.24) is 9.97 Å². The van der Waals surface area contributed by atoms with Gasteiger partial charge in [0.2, 0.25) is 0 Å². The number of carbonyl (C=O) groups is 1. The van der Waals surface area contributed by atoms with Crippen LogP contribution >= 0.6 is 0 Å². The van der Waals surface area contributed by atoms with Crippen LogP contribution in [0.2, 0.25) is 0 Å². The predicted octanol–water partition coefficient (Wildman–Crippen LogP) is 1.59. The van der Waals surface area contributed by atoms with Crippen molar-refractivity contribution < 1.29 is 18.3 Å². The fraction of sp³-hybridized carbons (Fsp3) is 0.267. The molecule has 1 aromatic heterocycles. The van der Waals surface area contributed by atoms with E-state index >= 15 is 0 Å². The first-order chi connectivity index (χ1) is 11.0. The normalized spacial score (nSPS) is 11.1. The van der Waals surface area contributed by atoms with E-state index in [9.17, 15) is 13.2 Å². The van der Waals surface area contributed by atoms with E-state index in [1.54, 1.807) is 12.1 Å². The maximum Gasteiger partial charge on any atom is 0.356 e. The van der Waals surface area contributed by atoms with Crippen LogP contribution in [0.1, 0.15) is 22.5 Å². The van der Waals surface area contributed by atoms with Crippen LogP contribution < -0.4 is 5.32 Å². The molecule has 0 saturated heterocycles. The van der Waals surface area contributed by atoms with Crippen molar-refractivity contribution in [3.8, 4) is 0 Å². The average molecular weight is 335 g/mol. The summed E-state index contributed by atoms with van der Waals surface area (Å²) >= 11 is 0. The number of nitrogens with zero attached hydrogens (tertiary/aromatic N) is 2. The number of aromatic carboxylic acids is 1. The van der Waals surface area contributed by atoms with Crippen molar-refractivity contribution in [2.45, 2.75) is 12.2 Å². The Hall–Kier alpha value is -2.48. The summed E-state index contributed by atoms with van der Waals surface area (Å²) in [6, 6.07) is 9.04. The molecule has 0 fully saturated rings. The minimum Gasteiger partial charge on any atom is -0.476 e. The number of sulfone groups is 1. The lowest BCUT2D eigenvalue weighted by Gasteiger charge is -2.06. The molecule has 0 aliphatic heterocycles. The van der Waals surface area contributed by atoms with Crippen LogP contribution in [-0.2, 0) is 15.6 Å². The molecule has 0 bridgehead atoms. The monoisotopic (exact) mass is 335 g/mol. The molecular weight excluding hydrogens is 318 g/mol. The molecule has 0 radical (unpaired) electrons. The van der Waals surface area contributed by atoms with Gasteiger partial charge in [-0.1, -0.05) is 30.3 Å². The third-order valence-electron chi connectivity index (χ3n) is 3.04. The minimum atomic E-state index is -3.16. The molecule has 2 aromatic rings. The van der Waals surface area contributed by atoms with Gasteiger partial charge < -0.3 is 10.4 Å². The molecule has 2 N–H and O–H groups in total. The molecule has 1 aromatic carbocycles. The van der Waals surface area contributed by atoms with Crippen molar-refractivity contribution in [1.29, 1.82) is 0 Å². The van der Waals surface area contributed by atoms with Crippen LogP contribution in [0.25, 0.3) is 0 Å². The minimum absolute atomic E-state index is 0.0287. The molecule has 0 amide bonds. The average Bonchev–Trinajstić information content (AvgIpc) is 2.52. The van der Waals surface area contributed by atoms with Gasteiger partial charge in [-0.05, 0) is 12.0 Å². The first kappa shape index (κ1) is 16.9. The van der Waals surface area contributed by atoms with Gasteiger partial charge >= 0.3 is 5.97 Å². The molecule has 0 aliphatic carbocycles. The quantitative estimate of drug-likeness (QED) is 0.705. The molecule has 0 spiro atoms. The van der Waals surface area contributed by atoms with Crippen LogP contribution in [-0.4, -0.2) is 41.8 Å². The molecule has 23 heavy (non-hydrogen) atoms. The Morgan fingerprint density at radius 1 is 1.13 bits per heavy atom. The number of hydrogen-bond acceptors (Lipinski definition) is 6. The Bertz CT molecular complexity index is 746. The van der Waals surface area contributed by atoms with Gasteiger partial charge in [-0.25, -0.2) is 23.2 Å². The summed E-state index contributed by atoms with van der Waals surface area (Å²) in [4.78, 5) is 18.3. The maximum absolute atomic E-state index is 12.0. The lowest BCUT2D eigenvalue weighted by Crippen LogP contribution is -2.14. The van der Waals surface area contributed by atoms with Crippen LogP contribution in [0.4, 0.5) is 5.82 Å². The van der Waals surface area contributed by atoms with Gasteiger partial charge in [0.1, 0.15) is 5.82 Å². The number of carboxylic acid groups (broad SMARTS) is 1. The highest BCUT2D eigenvalue weighted by atomic mass is 32.2. The number of hydrogen-bond donors (Lipinski definition) is 2. The molecule has 0 unspecified atom stereocenters. The fourth-order valence-electron chi connectivity index (χ4n) is 1.94. The Morgan fingerprint density at radius 3 is 2.48 bits per heavy atom. The maximum atomic E-state index is 12.0. The Labute approximate surface area is 134 Å². The van der Waals surface area contributed by atoms with Crippen molar-refractivity contribution in [3.63, 3.8) is 0 Å². The summed E-state index contributed by atoms with van der Waals surface area (Å²) in [6.45, 7) is 0.412. The van der Waals surface area contributed by atoms with Gasteiger partial charge in [-0.15, -0.1) is 0 Å². The lowest BCUT2D eigenvalue weighted by molar-refractivity contribution is 0.0690. The second-order valence-electron chi connectivity index (χ2n) is 4.95. The van der Waals surface area contributed by atoms with E-state index in [2.05, 4.69) is 15.3 Å². The summed E-state index contributed by atoms with van der Waals surface area (Å²) < 4.78 is 24.0. The zero-order valence-corrected chi connectivity index (χ0v) is 13.2. The van der Waals surface area contributed by atoms with Crippen molar-refractivity contribution in [2.24, 2.45) is 0 Å². The molecule has 0 atom stereocenters. The number of aromatic nitrogens is 2. The van der Waals surface area contributed by atoms with E-state index in [1.807, 2.05) is 18.2 Å². The van der Waals surface area contributed by atoms with Crippen LogP contribution in [0, 0.1) is 0 Å². The van der Waals surface area contributed by atoms with Gasteiger partial charge in [0, 0.05) is 6.54 Å². The number of carboxylic acids is 1. The summed E-state index contributed by atoms with van der Waals surface area (Å²) in [7, 11) is -3.16. The first-order valence-electron chi connectivity index (χ1n) is 7.00. The third kappa shape index (κ3) is 5.67. The van der Waals surface area contributed by atoms with E-state index in [-0.39, 0.29) is 17.2 Å². The molecule has 0 aliphatic rings. The summed E-state index contributed by atoms with van der Waals surface area (Å²) in [5.74, 6) is -0.636. The molecule has 8 heteroatoms. The van der Waals surface area contributed by atoms with Gasteiger partial charge in [-0.2, -0.15) is 0 Å². The molecule has 0 saturated carbocycles. The number of anilines is 1. The van der Waals surface area contributed by atoms with Crippen molar-refractivity contribution in [3.05, 3.63) is 54.0 Å². The second-order valence-corrected chi connectivity index (χ2v) is 7.13. The van der Waals surface area contributed by atoms with E-state index < -0.39 is 15.8 Å². The standard InChI is InChI=1S/C15H17N3O4S/c19-15(20)13-9-18-14(10-17-13)16-7-4-8-23(21,22)11-12-5-2-1-3-6-12/h1-3,5-6,9-10H,4,7-8,11H2,(H,16,18)(H,19,20). The van der Waals surface area contributed by atoms with E-state index in [4.69, 9.17) is 5.11 Å². The highest BCUT2D eigenvalue weighted by Crippen LogP contribution is 2.08. The molecule has 122 valence electrons. The highest BCUT2D eigenvalue weighted by Gasteiger charge is 2.11. The van der Waals surface area contributed by atoms with Gasteiger partial charge in [0.05, 0.1) is 23.9 Å². The Morgan fingerprint density at radius 2 is 1.87 bits per heavy atom. The Balaban J connectivity index is 1.77. The van der Waals surface area contributed by atoms with Crippen molar-refractivity contribution in [2.75, 3.05) is 17.6 Å². The van der Waals surface area contributed by atoms with Crippen LogP contribution in [0.3, 0.4) is 0 Å². The van der Waals surface area contributed by atoms with Crippen LogP contribution in [0.15, 0.2) is 42.7 Å². The molecule has 2 rings (SSSR count). The molecule has 1 heterocycles. The van der Waals surface area contributed by atoms with E-state index in [1.165, 1.54) is 6.20 Å². The largest absolute Gasteiger partial charge is 0.476 e. The number of rotatable bonds is 8. The van der Waals surface area contributed by atoms with Crippen LogP contribution in [0.5, 0.6) is 0 Å². The molecule has 7 nitrogen and oxygen atoms in total. The van der Waals surface area contributed by atoms with E-state index in [0.29, 0.717) is 18.8 Å². The number of nitrogens with one attached hydrogen (secondary N) is 1. The van der Waals surface area contributed by atoms with Gasteiger partial charge in [-0.3, -0.25) is 0 Å². The van der Waals surface area contributed by atoms with Crippen molar-refractivity contribution >= 4 is 21.6 Å². The molecular formula is C15H17N3O4S. The zero-order chi connectivity index (χ0) is 16.7. The summed E-state index contributed by atoms with van der Waals surface area (Å²) in [5.41, 5.74) is 0.636. The van der Waals surface area contributed by atoms with Gasteiger partial charge in [0.25, 0.3) is 0 Å². The lowest BCUT2D eigenvalue weighted by atomic mass is 10.2. The van der Waals surface area contributed by atoms with E-state index in [0.717, 1.165) is 11.8 Å². The van der Waals surface area contributed by atoms with Gasteiger partial charge in [0.15, 0.2) is 15.5 Å². The first-order valence-corrected chi connectivity index (χ1v) is 8.82. The second kappa shape index (κ2) is 7.68.